The molecular formula is C20H21F2N3O3S2. The molecule has 0 atom stereocenters. The number of hydrogen-bond donors (Lipinski definition) is 2. The van der Waals surface area contributed by atoms with E-state index in [2.05, 4.69) is 15.0 Å². The molecule has 0 saturated carbocycles. The van der Waals surface area contributed by atoms with Crippen LogP contribution < -0.4 is 10.0 Å². The molecular weight excluding hydrogens is 432 g/mol. The van der Waals surface area contributed by atoms with Crippen LogP contribution in [0.25, 0.3) is 0 Å². The van der Waals surface area contributed by atoms with Gasteiger partial charge in [0, 0.05) is 29.1 Å². The number of hydrogen-bond acceptors (Lipinski definition) is 5. The number of sulfonamides is 1. The monoisotopic (exact) mass is 453 g/mol. The zero-order valence-electron chi connectivity index (χ0n) is 16.0. The fourth-order valence-electron chi connectivity index (χ4n) is 2.88. The minimum absolute atomic E-state index is 0.0702. The summed E-state index contributed by atoms with van der Waals surface area (Å²) in [4.78, 5) is 17.0. The highest BCUT2D eigenvalue weighted by Crippen LogP contribution is 2.25. The van der Waals surface area contributed by atoms with Gasteiger partial charge in [0.25, 0.3) is 21.7 Å². The van der Waals surface area contributed by atoms with Crippen molar-refractivity contribution in [1.82, 2.24) is 4.72 Å². The van der Waals surface area contributed by atoms with Gasteiger partial charge in [0.05, 0.1) is 4.90 Å². The first-order valence-electron chi connectivity index (χ1n) is 9.36. The summed E-state index contributed by atoms with van der Waals surface area (Å²) in [5, 5.41) is 2.65. The van der Waals surface area contributed by atoms with E-state index in [0.29, 0.717) is 46.7 Å². The number of carbonyl (C=O) groups excluding carboxylic acids is 1. The molecule has 0 saturated heterocycles. The lowest BCUT2D eigenvalue weighted by Crippen LogP contribution is -2.30. The lowest BCUT2D eigenvalue weighted by Gasteiger charge is -2.11. The zero-order valence-corrected chi connectivity index (χ0v) is 17.6. The molecule has 1 heterocycles. The number of anilines is 1. The molecule has 6 nitrogen and oxygen atoms in total. The third-order valence-corrected chi connectivity index (χ3v) is 6.51. The fourth-order valence-corrected chi connectivity index (χ4v) is 4.47. The minimum Gasteiger partial charge on any atom is -0.322 e. The molecule has 1 aliphatic rings. The van der Waals surface area contributed by atoms with Crippen LogP contribution in [0.2, 0.25) is 0 Å². The molecule has 0 spiro atoms. The van der Waals surface area contributed by atoms with Gasteiger partial charge in [-0.25, -0.2) is 8.42 Å². The second-order valence-electron chi connectivity index (χ2n) is 6.63. The molecule has 0 aliphatic carbocycles. The van der Waals surface area contributed by atoms with Gasteiger partial charge in [-0.05, 0) is 61.4 Å². The van der Waals surface area contributed by atoms with E-state index in [0.717, 1.165) is 19.3 Å². The van der Waals surface area contributed by atoms with Crippen LogP contribution in [0, 0.1) is 0 Å². The molecule has 30 heavy (non-hydrogen) atoms. The number of halogens is 2. The Kier molecular flexibility index (Phi) is 7.43. The molecule has 1 amide bonds. The van der Waals surface area contributed by atoms with E-state index >= 15 is 0 Å². The zero-order chi connectivity index (χ0) is 21.6. The highest BCUT2D eigenvalue weighted by atomic mass is 32.2. The largest absolute Gasteiger partial charge is 0.322 e. The van der Waals surface area contributed by atoms with Gasteiger partial charge in [-0.3, -0.25) is 14.5 Å². The van der Waals surface area contributed by atoms with Crippen LogP contribution >= 0.6 is 11.8 Å². The Labute approximate surface area is 178 Å². The molecule has 0 radical (unpaired) electrons. The van der Waals surface area contributed by atoms with Crippen molar-refractivity contribution in [3.05, 3.63) is 54.1 Å². The second kappa shape index (κ2) is 10.0. The SMILES string of the molecule is O=C(Nc1ccc(S(=O)(=O)NC2=NCCCCC2)cc1)c1ccc(SC(F)F)cc1. The maximum atomic E-state index is 12.5. The molecule has 0 fully saturated rings. The van der Waals surface area contributed by atoms with Crippen LogP contribution in [0.3, 0.4) is 0 Å². The number of benzene rings is 2. The van der Waals surface area contributed by atoms with Crippen LogP contribution in [0.5, 0.6) is 0 Å². The number of nitrogens with zero attached hydrogens (tertiary/aromatic N) is 1. The number of amides is 1. The van der Waals surface area contributed by atoms with Gasteiger partial charge in [0.15, 0.2) is 0 Å². The summed E-state index contributed by atoms with van der Waals surface area (Å²) >= 11 is 0.404. The first kappa shape index (κ1) is 22.2. The van der Waals surface area contributed by atoms with Crippen LogP contribution in [-0.4, -0.2) is 32.5 Å². The van der Waals surface area contributed by atoms with Crippen molar-refractivity contribution in [1.29, 1.82) is 0 Å². The van der Waals surface area contributed by atoms with E-state index in [-0.39, 0.29) is 4.90 Å². The first-order chi connectivity index (χ1) is 14.3. The Morgan fingerprint density at radius 3 is 2.37 bits per heavy atom. The van der Waals surface area contributed by atoms with Crippen LogP contribution in [-0.2, 0) is 10.0 Å². The van der Waals surface area contributed by atoms with Crippen LogP contribution in [0.1, 0.15) is 36.0 Å². The van der Waals surface area contributed by atoms with E-state index in [1.54, 1.807) is 0 Å². The summed E-state index contributed by atoms with van der Waals surface area (Å²) in [6.45, 7) is 0.616. The number of rotatable bonds is 6. The van der Waals surface area contributed by atoms with Crippen molar-refractivity contribution in [2.24, 2.45) is 4.99 Å². The van der Waals surface area contributed by atoms with Gasteiger partial charge in [0.1, 0.15) is 5.84 Å². The highest BCUT2D eigenvalue weighted by molar-refractivity contribution is 7.99. The lowest BCUT2D eigenvalue weighted by molar-refractivity contribution is 0.102. The first-order valence-corrected chi connectivity index (χ1v) is 11.7. The topological polar surface area (TPSA) is 87.6 Å². The third-order valence-electron chi connectivity index (χ3n) is 4.39. The molecule has 10 heteroatoms. The van der Waals surface area contributed by atoms with E-state index in [9.17, 15) is 22.0 Å². The quantitative estimate of drug-likeness (QED) is 0.630. The molecule has 160 valence electrons. The van der Waals surface area contributed by atoms with Gasteiger partial charge in [0.2, 0.25) is 0 Å². The van der Waals surface area contributed by atoms with Gasteiger partial charge in [-0.1, -0.05) is 18.2 Å². The molecule has 0 aromatic heterocycles. The number of aliphatic imine (C=N–C) groups is 1. The average molecular weight is 454 g/mol. The number of amidine groups is 1. The molecule has 2 aromatic rings. The smallest absolute Gasteiger partial charge is 0.288 e. The second-order valence-corrected chi connectivity index (χ2v) is 9.37. The molecule has 2 N–H and O–H groups in total. The normalized spacial score (nSPS) is 14.7. The van der Waals surface area contributed by atoms with Crippen molar-refractivity contribution < 1.29 is 22.0 Å². The highest BCUT2D eigenvalue weighted by Gasteiger charge is 2.17. The standard InChI is InChI=1S/C20H21F2N3O3S2/c21-20(22)29-16-9-5-14(6-10-16)19(26)24-15-7-11-17(12-8-15)30(27,28)25-18-4-2-1-3-13-23-18/h5-12,20H,1-4,13H2,(H,23,25)(H,24,26). The molecule has 0 bridgehead atoms. The van der Waals surface area contributed by atoms with E-state index < -0.39 is 21.7 Å². The number of carbonyl (C=O) groups is 1. The van der Waals surface area contributed by atoms with Crippen molar-refractivity contribution in [3.63, 3.8) is 0 Å². The predicted molar refractivity (Wildman–Crippen MR) is 114 cm³/mol. The summed E-state index contributed by atoms with van der Waals surface area (Å²) in [6, 6.07) is 11.6. The Balaban J connectivity index is 1.63. The third kappa shape index (κ3) is 6.27. The Bertz CT molecular complexity index is 1010. The van der Waals surface area contributed by atoms with Gasteiger partial charge in [-0.15, -0.1) is 0 Å². The van der Waals surface area contributed by atoms with Gasteiger partial charge >= 0.3 is 0 Å². The van der Waals surface area contributed by atoms with Gasteiger partial charge < -0.3 is 5.32 Å². The Hall–Kier alpha value is -2.46. The maximum Gasteiger partial charge on any atom is 0.288 e. The summed E-state index contributed by atoms with van der Waals surface area (Å²) in [5.74, 6) is -2.48. The summed E-state index contributed by atoms with van der Waals surface area (Å²) in [7, 11) is -3.75. The fraction of sp³-hybridized carbons (Fsp3) is 0.300. The Morgan fingerprint density at radius 2 is 1.70 bits per heavy atom. The van der Waals surface area contributed by atoms with Crippen molar-refractivity contribution in [3.8, 4) is 0 Å². The van der Waals surface area contributed by atoms with Crippen molar-refractivity contribution >= 4 is 39.2 Å². The van der Waals surface area contributed by atoms with Crippen LogP contribution in [0.15, 0.2) is 63.3 Å². The van der Waals surface area contributed by atoms with Crippen molar-refractivity contribution in [2.45, 2.75) is 41.2 Å². The Morgan fingerprint density at radius 1 is 1.00 bits per heavy atom. The maximum absolute atomic E-state index is 12.5. The number of thioether (sulfide) groups is 1. The molecule has 2 aromatic carbocycles. The van der Waals surface area contributed by atoms with E-state index in [1.165, 1.54) is 48.5 Å². The summed E-state index contributed by atoms with van der Waals surface area (Å²) in [5.41, 5.74) is 0.718. The van der Waals surface area contributed by atoms with Crippen molar-refractivity contribution in [2.75, 3.05) is 11.9 Å². The summed E-state index contributed by atoms with van der Waals surface area (Å²) < 4.78 is 52.3. The molecule has 0 unspecified atom stereocenters. The van der Waals surface area contributed by atoms with E-state index in [1.807, 2.05) is 0 Å². The molecule has 3 rings (SSSR count). The number of nitrogens with one attached hydrogen (secondary N) is 2. The van der Waals surface area contributed by atoms with Gasteiger partial charge in [-0.2, -0.15) is 8.78 Å². The predicted octanol–water partition coefficient (Wildman–Crippen LogP) is 4.50. The molecule has 1 aliphatic heterocycles. The van der Waals surface area contributed by atoms with Crippen LogP contribution in [0.4, 0.5) is 14.5 Å². The summed E-state index contributed by atoms with van der Waals surface area (Å²) in [6.07, 6.45) is 3.47. The van der Waals surface area contributed by atoms with E-state index in [4.69, 9.17) is 0 Å². The average Bonchev–Trinajstić information content (AvgIpc) is 2.96. The minimum atomic E-state index is -3.75. The lowest BCUT2D eigenvalue weighted by atomic mass is 10.2. The number of alkyl halides is 2.